The molecule has 1 unspecified atom stereocenters. The van der Waals surface area contributed by atoms with Gasteiger partial charge in [0.25, 0.3) is 0 Å². The van der Waals surface area contributed by atoms with E-state index in [-0.39, 0.29) is 5.56 Å². The molecule has 0 aliphatic heterocycles. The second kappa shape index (κ2) is 5.92. The second-order valence-electron chi connectivity index (χ2n) is 4.49. The lowest BCUT2D eigenvalue weighted by molar-refractivity contribution is 0.209. The first-order chi connectivity index (χ1) is 9.58. The van der Waals surface area contributed by atoms with Gasteiger partial charge in [0.1, 0.15) is 23.4 Å². The SMILES string of the molecule is COc1ccc(OC)c(C(O)c2cccc(C)c2F)c1. The Morgan fingerprint density at radius 2 is 1.80 bits per heavy atom. The number of methoxy groups -OCH3 is 2. The van der Waals surface area contributed by atoms with Crippen molar-refractivity contribution in [3.8, 4) is 11.5 Å². The molecule has 0 saturated carbocycles. The van der Waals surface area contributed by atoms with Crippen LogP contribution in [0.25, 0.3) is 0 Å². The zero-order valence-electron chi connectivity index (χ0n) is 11.7. The van der Waals surface area contributed by atoms with Crippen LogP contribution in [-0.2, 0) is 0 Å². The molecule has 0 aromatic heterocycles. The van der Waals surface area contributed by atoms with E-state index < -0.39 is 11.9 Å². The summed E-state index contributed by atoms with van der Waals surface area (Å²) in [6, 6.07) is 9.99. The van der Waals surface area contributed by atoms with E-state index in [0.717, 1.165) is 0 Å². The van der Waals surface area contributed by atoms with Gasteiger partial charge in [0.15, 0.2) is 0 Å². The van der Waals surface area contributed by atoms with Gasteiger partial charge in [0.05, 0.1) is 14.2 Å². The van der Waals surface area contributed by atoms with Crippen molar-refractivity contribution in [2.75, 3.05) is 14.2 Å². The highest BCUT2D eigenvalue weighted by molar-refractivity contribution is 5.45. The zero-order valence-corrected chi connectivity index (χ0v) is 11.7. The lowest BCUT2D eigenvalue weighted by Gasteiger charge is -2.17. The summed E-state index contributed by atoms with van der Waals surface area (Å²) in [5.41, 5.74) is 1.18. The summed E-state index contributed by atoms with van der Waals surface area (Å²) in [5.74, 6) is 0.650. The number of benzene rings is 2. The predicted molar refractivity (Wildman–Crippen MR) is 74.7 cm³/mol. The van der Waals surface area contributed by atoms with Gasteiger partial charge in [-0.1, -0.05) is 18.2 Å². The Labute approximate surface area is 117 Å². The Kier molecular flexibility index (Phi) is 4.25. The molecule has 20 heavy (non-hydrogen) atoms. The fourth-order valence-corrected chi connectivity index (χ4v) is 2.10. The van der Waals surface area contributed by atoms with Gasteiger partial charge in [0.2, 0.25) is 0 Å². The third kappa shape index (κ3) is 2.60. The van der Waals surface area contributed by atoms with Gasteiger partial charge >= 0.3 is 0 Å². The number of rotatable bonds is 4. The highest BCUT2D eigenvalue weighted by Gasteiger charge is 2.20. The number of hydrogen-bond donors (Lipinski definition) is 1. The number of hydrogen-bond acceptors (Lipinski definition) is 3. The number of ether oxygens (including phenoxy) is 2. The molecule has 0 spiro atoms. The van der Waals surface area contributed by atoms with E-state index in [1.807, 2.05) is 0 Å². The van der Waals surface area contributed by atoms with Gasteiger partial charge in [0, 0.05) is 11.1 Å². The first-order valence-corrected chi connectivity index (χ1v) is 6.23. The number of aliphatic hydroxyl groups is 1. The molecule has 2 aromatic rings. The van der Waals surface area contributed by atoms with Gasteiger partial charge in [-0.25, -0.2) is 4.39 Å². The maximum atomic E-state index is 14.1. The minimum Gasteiger partial charge on any atom is -0.497 e. The first kappa shape index (κ1) is 14.3. The summed E-state index contributed by atoms with van der Waals surface area (Å²) >= 11 is 0. The fourth-order valence-electron chi connectivity index (χ4n) is 2.10. The Morgan fingerprint density at radius 1 is 1.05 bits per heavy atom. The number of aliphatic hydroxyl groups excluding tert-OH is 1. The molecule has 0 bridgehead atoms. The van der Waals surface area contributed by atoms with E-state index in [4.69, 9.17) is 9.47 Å². The van der Waals surface area contributed by atoms with E-state index in [9.17, 15) is 9.50 Å². The molecule has 0 radical (unpaired) electrons. The summed E-state index contributed by atoms with van der Waals surface area (Å²) in [6.07, 6.45) is -1.11. The van der Waals surface area contributed by atoms with Crippen molar-refractivity contribution in [2.24, 2.45) is 0 Å². The third-order valence-corrected chi connectivity index (χ3v) is 3.25. The van der Waals surface area contributed by atoms with Gasteiger partial charge in [-0.3, -0.25) is 0 Å². The maximum Gasteiger partial charge on any atom is 0.132 e. The maximum absolute atomic E-state index is 14.1. The molecule has 2 rings (SSSR count). The molecule has 4 heteroatoms. The van der Waals surface area contributed by atoms with Crippen LogP contribution >= 0.6 is 0 Å². The Balaban J connectivity index is 2.51. The average Bonchev–Trinajstić information content (AvgIpc) is 2.48. The van der Waals surface area contributed by atoms with E-state index in [2.05, 4.69) is 0 Å². The van der Waals surface area contributed by atoms with E-state index >= 15 is 0 Å². The molecule has 0 heterocycles. The van der Waals surface area contributed by atoms with Crippen LogP contribution in [-0.4, -0.2) is 19.3 Å². The van der Waals surface area contributed by atoms with Crippen LogP contribution in [0.4, 0.5) is 4.39 Å². The second-order valence-corrected chi connectivity index (χ2v) is 4.49. The largest absolute Gasteiger partial charge is 0.497 e. The molecular formula is C16H17FO3. The van der Waals surface area contributed by atoms with Crippen LogP contribution in [0.2, 0.25) is 0 Å². The van der Waals surface area contributed by atoms with Crippen molar-refractivity contribution in [2.45, 2.75) is 13.0 Å². The van der Waals surface area contributed by atoms with Crippen molar-refractivity contribution < 1.29 is 19.0 Å². The average molecular weight is 276 g/mol. The molecule has 0 fully saturated rings. The van der Waals surface area contributed by atoms with Crippen LogP contribution in [0, 0.1) is 12.7 Å². The van der Waals surface area contributed by atoms with Crippen LogP contribution < -0.4 is 9.47 Å². The summed E-state index contributed by atoms with van der Waals surface area (Å²) in [4.78, 5) is 0. The first-order valence-electron chi connectivity index (χ1n) is 6.23. The number of halogens is 1. The summed E-state index contributed by atoms with van der Waals surface area (Å²) in [7, 11) is 3.04. The topological polar surface area (TPSA) is 38.7 Å². The Bertz CT molecular complexity index is 611. The van der Waals surface area contributed by atoms with E-state index in [1.165, 1.54) is 14.2 Å². The molecule has 3 nitrogen and oxygen atoms in total. The Morgan fingerprint density at radius 3 is 2.45 bits per heavy atom. The molecule has 0 aliphatic carbocycles. The quantitative estimate of drug-likeness (QED) is 0.931. The minimum atomic E-state index is -1.11. The molecule has 2 aromatic carbocycles. The molecule has 0 saturated heterocycles. The summed E-state index contributed by atoms with van der Waals surface area (Å²) in [6.45, 7) is 1.66. The molecule has 1 N–H and O–H groups in total. The molecule has 0 aliphatic rings. The molecular weight excluding hydrogens is 259 g/mol. The molecule has 0 amide bonds. The third-order valence-electron chi connectivity index (χ3n) is 3.25. The van der Waals surface area contributed by atoms with Gasteiger partial charge in [-0.05, 0) is 30.7 Å². The number of aryl methyl sites for hydroxylation is 1. The Hall–Kier alpha value is -2.07. The lowest BCUT2D eigenvalue weighted by atomic mass is 9.98. The monoisotopic (exact) mass is 276 g/mol. The van der Waals surface area contributed by atoms with Gasteiger partial charge < -0.3 is 14.6 Å². The smallest absolute Gasteiger partial charge is 0.132 e. The normalized spacial score (nSPS) is 12.1. The fraction of sp³-hybridized carbons (Fsp3) is 0.250. The van der Waals surface area contributed by atoms with Crippen molar-refractivity contribution in [3.05, 3.63) is 58.9 Å². The standard InChI is InChI=1S/C16H17FO3/c1-10-5-4-6-12(15(10)17)16(18)13-9-11(19-2)7-8-14(13)20-3/h4-9,16,18H,1-3H3. The highest BCUT2D eigenvalue weighted by Crippen LogP contribution is 2.34. The van der Waals surface area contributed by atoms with Crippen LogP contribution in [0.1, 0.15) is 22.8 Å². The highest BCUT2D eigenvalue weighted by atomic mass is 19.1. The van der Waals surface area contributed by atoms with Crippen LogP contribution in [0.3, 0.4) is 0 Å². The van der Waals surface area contributed by atoms with Crippen LogP contribution in [0.5, 0.6) is 11.5 Å². The van der Waals surface area contributed by atoms with Crippen LogP contribution in [0.15, 0.2) is 36.4 Å². The van der Waals surface area contributed by atoms with Gasteiger partial charge in [-0.2, -0.15) is 0 Å². The zero-order chi connectivity index (χ0) is 14.7. The predicted octanol–water partition coefficient (Wildman–Crippen LogP) is 3.23. The van der Waals surface area contributed by atoms with Crippen molar-refractivity contribution in [1.29, 1.82) is 0 Å². The van der Waals surface area contributed by atoms with Crippen molar-refractivity contribution in [1.82, 2.24) is 0 Å². The minimum absolute atomic E-state index is 0.219. The van der Waals surface area contributed by atoms with Crippen molar-refractivity contribution >= 4 is 0 Å². The molecule has 1 atom stereocenters. The van der Waals surface area contributed by atoms with E-state index in [1.54, 1.807) is 43.3 Å². The molecule has 106 valence electrons. The van der Waals surface area contributed by atoms with Gasteiger partial charge in [-0.15, -0.1) is 0 Å². The van der Waals surface area contributed by atoms with Crippen molar-refractivity contribution in [3.63, 3.8) is 0 Å². The summed E-state index contributed by atoms with van der Waals surface area (Å²) in [5, 5.41) is 10.5. The summed E-state index contributed by atoms with van der Waals surface area (Å²) < 4.78 is 24.5. The van der Waals surface area contributed by atoms with E-state index in [0.29, 0.717) is 22.6 Å². The lowest BCUT2D eigenvalue weighted by Crippen LogP contribution is -2.06.